The minimum Gasteiger partial charge on any atom is -0.394 e. The summed E-state index contributed by atoms with van der Waals surface area (Å²) in [7, 11) is 1.11. The second kappa shape index (κ2) is 15.8. The van der Waals surface area contributed by atoms with Gasteiger partial charge in [-0.25, -0.2) is 0 Å². The van der Waals surface area contributed by atoms with Crippen LogP contribution >= 0.6 is 0 Å². The van der Waals surface area contributed by atoms with Crippen molar-refractivity contribution in [2.75, 3.05) is 26.9 Å². The molecule has 4 rings (SSSR count). The summed E-state index contributed by atoms with van der Waals surface area (Å²) in [4.78, 5) is 0. The second-order valence-electron chi connectivity index (χ2n) is 11.7. The molecule has 0 aromatic rings. The van der Waals surface area contributed by atoms with E-state index in [0.29, 0.717) is 0 Å². The second-order valence-corrected chi connectivity index (χ2v) is 11.7. The van der Waals surface area contributed by atoms with Crippen molar-refractivity contribution >= 4 is 0 Å². The third-order valence-corrected chi connectivity index (χ3v) is 8.64. The molecule has 21 atom stereocenters. The lowest BCUT2D eigenvalue weighted by Gasteiger charge is -2.47. The summed E-state index contributed by atoms with van der Waals surface area (Å²) >= 11 is 0. The molecule has 4 fully saturated rings. The van der Waals surface area contributed by atoms with Crippen molar-refractivity contribution in [1.82, 2.24) is 0 Å². The third-order valence-electron chi connectivity index (χ3n) is 8.64. The first kappa shape index (κ1) is 38.0. The Hall–Kier alpha value is -0.840. The molecule has 4 aliphatic rings. The van der Waals surface area contributed by atoms with Crippen LogP contribution in [0.1, 0.15) is 0 Å². The Balaban J connectivity index is 1.38. The molecule has 14 N–H and O–H groups in total. The highest BCUT2D eigenvalue weighted by Crippen LogP contribution is 2.31. The maximum absolute atomic E-state index is 10.5. The highest BCUT2D eigenvalue weighted by atomic mass is 16.7. The number of ether oxygens (including phenoxy) is 7. The number of methoxy groups -OCH3 is 1. The van der Waals surface area contributed by atoms with Crippen molar-refractivity contribution in [3.63, 3.8) is 0 Å². The van der Waals surface area contributed by atoms with Crippen LogP contribution in [-0.4, -0.2) is 227 Å². The molecule has 0 spiro atoms. The van der Waals surface area contributed by atoms with Crippen molar-refractivity contribution in [1.29, 1.82) is 0 Å². The summed E-state index contributed by atoms with van der Waals surface area (Å²) in [5.41, 5.74) is 0. The fraction of sp³-hybridized carbons (Fsp3) is 1.00. The number of aliphatic hydroxyl groups is 14. The first-order valence-corrected chi connectivity index (χ1v) is 14.5. The van der Waals surface area contributed by atoms with Crippen molar-refractivity contribution in [2.45, 2.75) is 129 Å². The quantitative estimate of drug-likeness (QED) is 0.102. The molecule has 0 aromatic carbocycles. The molecule has 3 aliphatic heterocycles. The van der Waals surface area contributed by atoms with E-state index in [-0.39, 0.29) is 0 Å². The number of rotatable bonds is 10. The van der Waals surface area contributed by atoms with Crippen LogP contribution in [0.15, 0.2) is 0 Å². The van der Waals surface area contributed by atoms with E-state index < -0.39 is 149 Å². The molecule has 3 heterocycles. The first-order valence-electron chi connectivity index (χ1n) is 14.5. The van der Waals surface area contributed by atoms with Gasteiger partial charge in [0.15, 0.2) is 18.9 Å². The van der Waals surface area contributed by atoms with Crippen LogP contribution < -0.4 is 0 Å². The molecular formula is C25H44O21. The molecule has 21 nitrogen and oxygen atoms in total. The van der Waals surface area contributed by atoms with Gasteiger partial charge in [0.1, 0.15) is 110 Å². The SMILES string of the molecule is CO[C@H]1[C@H](O)[C@@H](O[C@H]2O[C@H](CO[C@H]3O[C@H](CO[C@H]4O[C@H](CO)[C@H](O)[C@H](O)[C@H]4O)[C@H](O)[C@H](O)[C@H]3O)[C@H](O)[C@H](O)[C@H]2O)[C@@H](O)[C@H](O)[C@@H]1O. The summed E-state index contributed by atoms with van der Waals surface area (Å²) in [6.45, 7) is -2.11. The van der Waals surface area contributed by atoms with Gasteiger partial charge in [0.2, 0.25) is 0 Å². The van der Waals surface area contributed by atoms with Gasteiger partial charge in [-0.3, -0.25) is 0 Å². The minimum absolute atomic E-state index is 0.647. The molecule has 21 heteroatoms. The molecule has 0 bridgehead atoms. The van der Waals surface area contributed by atoms with Crippen LogP contribution in [0, 0.1) is 0 Å². The van der Waals surface area contributed by atoms with Crippen LogP contribution in [0.5, 0.6) is 0 Å². The van der Waals surface area contributed by atoms with Gasteiger partial charge in [-0.05, 0) is 0 Å². The fourth-order valence-corrected chi connectivity index (χ4v) is 5.72. The molecule has 0 amide bonds. The van der Waals surface area contributed by atoms with E-state index in [1.54, 1.807) is 0 Å². The zero-order valence-corrected chi connectivity index (χ0v) is 24.4. The zero-order valence-electron chi connectivity index (χ0n) is 24.4. The Morgan fingerprint density at radius 2 is 0.783 bits per heavy atom. The van der Waals surface area contributed by atoms with E-state index in [2.05, 4.69) is 0 Å². The Morgan fingerprint density at radius 3 is 1.24 bits per heavy atom. The van der Waals surface area contributed by atoms with Crippen molar-refractivity contribution < 1.29 is 105 Å². The molecule has 0 radical (unpaired) electrons. The number of aliphatic hydroxyl groups excluding tert-OH is 14. The van der Waals surface area contributed by atoms with Crippen molar-refractivity contribution in [3.05, 3.63) is 0 Å². The van der Waals surface area contributed by atoms with Gasteiger partial charge in [-0.15, -0.1) is 0 Å². The highest BCUT2D eigenvalue weighted by molar-refractivity contribution is 5.01. The molecule has 1 aliphatic carbocycles. The van der Waals surface area contributed by atoms with Crippen LogP contribution in [-0.2, 0) is 33.2 Å². The average Bonchev–Trinajstić information content (AvgIpc) is 3.04. The average molecular weight is 681 g/mol. The van der Waals surface area contributed by atoms with Crippen LogP contribution in [0.3, 0.4) is 0 Å². The third kappa shape index (κ3) is 7.50. The highest BCUT2D eigenvalue weighted by Gasteiger charge is 2.54. The van der Waals surface area contributed by atoms with Gasteiger partial charge in [-0.1, -0.05) is 0 Å². The zero-order chi connectivity index (χ0) is 34.2. The summed E-state index contributed by atoms with van der Waals surface area (Å²) in [5, 5.41) is 143. The van der Waals surface area contributed by atoms with E-state index in [1.807, 2.05) is 0 Å². The summed E-state index contributed by atoms with van der Waals surface area (Å²) < 4.78 is 37.4. The van der Waals surface area contributed by atoms with Crippen LogP contribution in [0.25, 0.3) is 0 Å². The lowest BCUT2D eigenvalue weighted by molar-refractivity contribution is -0.355. The molecular weight excluding hydrogens is 636 g/mol. The van der Waals surface area contributed by atoms with E-state index in [4.69, 9.17) is 33.2 Å². The van der Waals surface area contributed by atoms with Gasteiger partial charge in [0.05, 0.1) is 19.8 Å². The molecule has 46 heavy (non-hydrogen) atoms. The first-order chi connectivity index (χ1) is 21.6. The van der Waals surface area contributed by atoms with Gasteiger partial charge in [0, 0.05) is 7.11 Å². The van der Waals surface area contributed by atoms with Gasteiger partial charge in [-0.2, -0.15) is 0 Å². The summed E-state index contributed by atoms with van der Waals surface area (Å²) in [6.07, 6.45) is -36.5. The molecule has 1 saturated carbocycles. The molecule has 270 valence electrons. The van der Waals surface area contributed by atoms with Crippen LogP contribution in [0.2, 0.25) is 0 Å². The predicted molar refractivity (Wildman–Crippen MR) is 139 cm³/mol. The Labute approximate surface area is 260 Å². The number of hydrogen-bond donors (Lipinski definition) is 14. The van der Waals surface area contributed by atoms with E-state index in [1.165, 1.54) is 0 Å². The van der Waals surface area contributed by atoms with E-state index in [0.717, 1.165) is 7.11 Å². The van der Waals surface area contributed by atoms with Gasteiger partial charge in [0.25, 0.3) is 0 Å². The minimum atomic E-state index is -1.96. The van der Waals surface area contributed by atoms with Gasteiger partial charge >= 0.3 is 0 Å². The Kier molecular flexibility index (Phi) is 13.0. The monoisotopic (exact) mass is 680 g/mol. The normalized spacial score (nSPS) is 53.7. The molecule has 3 saturated heterocycles. The van der Waals surface area contributed by atoms with E-state index in [9.17, 15) is 71.5 Å². The predicted octanol–water partition coefficient (Wildman–Crippen LogP) is -9.71. The maximum atomic E-state index is 10.5. The number of hydrogen-bond acceptors (Lipinski definition) is 21. The Bertz CT molecular complexity index is 947. The largest absolute Gasteiger partial charge is 0.394 e. The fourth-order valence-electron chi connectivity index (χ4n) is 5.72. The van der Waals surface area contributed by atoms with E-state index >= 15 is 0 Å². The molecule has 0 unspecified atom stereocenters. The van der Waals surface area contributed by atoms with Crippen molar-refractivity contribution in [2.24, 2.45) is 0 Å². The summed E-state index contributed by atoms with van der Waals surface area (Å²) in [5.74, 6) is 0. The Morgan fingerprint density at radius 1 is 0.413 bits per heavy atom. The summed E-state index contributed by atoms with van der Waals surface area (Å²) in [6, 6.07) is 0. The van der Waals surface area contributed by atoms with Crippen molar-refractivity contribution in [3.8, 4) is 0 Å². The topological polar surface area (TPSA) is 348 Å². The molecule has 0 aromatic heterocycles. The smallest absolute Gasteiger partial charge is 0.187 e. The lowest BCUT2D eigenvalue weighted by atomic mass is 9.84. The maximum Gasteiger partial charge on any atom is 0.187 e. The lowest BCUT2D eigenvalue weighted by Crippen LogP contribution is -2.67. The van der Waals surface area contributed by atoms with Gasteiger partial charge < -0.3 is 105 Å². The van der Waals surface area contributed by atoms with Crippen LogP contribution in [0.4, 0.5) is 0 Å². The standard InChI is InChI=1S/C25H44O21/c1-40-21-15(34)14(33)16(35)22(20(21)39)46-25-19(38)13(32)10(29)7(45-25)4-42-24-18(37)12(31)9(28)6(44-24)3-41-23-17(36)11(30)8(27)5(2-26)43-23/h5-39H,2-4H2,1H3/t5-,6-,7-,8+,9+,10+,11+,12+,13+,14-,15+,16+,17-,18-,19-,20+,21-,22+,23+,24+,25-/m1/s1.